The van der Waals surface area contributed by atoms with Crippen LogP contribution in [0, 0.1) is 0 Å². The number of para-hydroxylation sites is 1. The molecular weight excluding hydrogens is 358 g/mol. The van der Waals surface area contributed by atoms with Gasteiger partial charge in [-0.2, -0.15) is 0 Å². The molecule has 0 fully saturated rings. The van der Waals surface area contributed by atoms with E-state index in [0.717, 1.165) is 24.9 Å². The molecule has 0 unspecified atom stereocenters. The van der Waals surface area contributed by atoms with Gasteiger partial charge < -0.3 is 19.5 Å². The van der Waals surface area contributed by atoms with E-state index in [0.29, 0.717) is 17.1 Å². The zero-order chi connectivity index (χ0) is 19.9. The summed E-state index contributed by atoms with van der Waals surface area (Å²) in [6.45, 7) is -0.352. The lowest BCUT2D eigenvalue weighted by Gasteiger charge is -2.10. The van der Waals surface area contributed by atoms with E-state index in [9.17, 15) is 9.59 Å². The molecule has 0 aliphatic heterocycles. The Morgan fingerprint density at radius 3 is 2.68 bits per heavy atom. The average Bonchev–Trinajstić information content (AvgIpc) is 3.18. The molecule has 6 nitrogen and oxygen atoms in total. The second kappa shape index (κ2) is 9.08. The summed E-state index contributed by atoms with van der Waals surface area (Å²) in [6.07, 6.45) is 6.08. The Morgan fingerprint density at radius 2 is 1.89 bits per heavy atom. The molecule has 1 N–H and O–H groups in total. The van der Waals surface area contributed by atoms with Crippen molar-refractivity contribution in [2.75, 3.05) is 26.1 Å². The fourth-order valence-corrected chi connectivity index (χ4v) is 3.23. The summed E-state index contributed by atoms with van der Waals surface area (Å²) in [7, 11) is 3.07. The van der Waals surface area contributed by atoms with Gasteiger partial charge in [0.05, 0.1) is 14.2 Å². The molecule has 2 aromatic rings. The minimum absolute atomic E-state index is 0.352. The summed E-state index contributed by atoms with van der Waals surface area (Å²) in [6, 6.07) is 11.2. The van der Waals surface area contributed by atoms with E-state index in [1.54, 1.807) is 31.4 Å². The van der Waals surface area contributed by atoms with Crippen LogP contribution in [0.3, 0.4) is 0 Å². The third-order valence-corrected chi connectivity index (χ3v) is 4.56. The maximum atomic E-state index is 12.0. The van der Waals surface area contributed by atoms with Crippen molar-refractivity contribution < 1.29 is 23.8 Å². The van der Waals surface area contributed by atoms with Gasteiger partial charge in [-0.3, -0.25) is 4.79 Å². The van der Waals surface area contributed by atoms with Gasteiger partial charge in [-0.15, -0.1) is 0 Å². The minimum atomic E-state index is -0.617. The van der Waals surface area contributed by atoms with Gasteiger partial charge in [0.2, 0.25) is 0 Å². The first kappa shape index (κ1) is 19.5. The highest BCUT2D eigenvalue weighted by Crippen LogP contribution is 2.31. The number of ether oxygens (including phenoxy) is 3. The average molecular weight is 381 g/mol. The highest BCUT2D eigenvalue weighted by atomic mass is 16.5. The molecule has 0 heterocycles. The van der Waals surface area contributed by atoms with Crippen LogP contribution in [0.5, 0.6) is 11.5 Å². The van der Waals surface area contributed by atoms with Crippen molar-refractivity contribution >= 4 is 23.6 Å². The van der Waals surface area contributed by atoms with E-state index in [2.05, 4.69) is 5.32 Å². The number of hydrogen-bond acceptors (Lipinski definition) is 5. The molecule has 0 atom stereocenters. The second-order valence-electron chi connectivity index (χ2n) is 6.41. The van der Waals surface area contributed by atoms with Crippen LogP contribution in [0.1, 0.15) is 23.1 Å². The molecule has 6 heteroatoms. The monoisotopic (exact) mass is 381 g/mol. The third kappa shape index (κ3) is 4.71. The van der Waals surface area contributed by atoms with Crippen LogP contribution < -0.4 is 14.8 Å². The molecular formula is C22H23NO5. The van der Waals surface area contributed by atoms with Crippen LogP contribution in [0.25, 0.3) is 6.08 Å². The van der Waals surface area contributed by atoms with Crippen LogP contribution in [0.4, 0.5) is 5.69 Å². The number of aryl methyl sites for hydroxylation is 2. The van der Waals surface area contributed by atoms with Gasteiger partial charge in [0.25, 0.3) is 5.91 Å². The van der Waals surface area contributed by atoms with Crippen LogP contribution >= 0.6 is 0 Å². The van der Waals surface area contributed by atoms with Crippen molar-refractivity contribution in [2.45, 2.75) is 19.3 Å². The largest absolute Gasteiger partial charge is 0.493 e. The number of fused-ring (bicyclic) bond motifs is 1. The van der Waals surface area contributed by atoms with E-state index in [4.69, 9.17) is 14.2 Å². The van der Waals surface area contributed by atoms with Gasteiger partial charge >= 0.3 is 5.97 Å². The number of amides is 1. The second-order valence-corrected chi connectivity index (χ2v) is 6.41. The number of rotatable bonds is 7. The Bertz CT molecular complexity index is 904. The van der Waals surface area contributed by atoms with Crippen LogP contribution in [0.2, 0.25) is 0 Å². The Hall–Kier alpha value is -3.28. The number of carbonyl (C=O) groups excluding carboxylic acids is 2. The smallest absolute Gasteiger partial charge is 0.331 e. The third-order valence-electron chi connectivity index (χ3n) is 4.56. The fourth-order valence-electron chi connectivity index (χ4n) is 3.23. The zero-order valence-corrected chi connectivity index (χ0v) is 16.0. The molecule has 3 rings (SSSR count). The first-order valence-electron chi connectivity index (χ1n) is 9.08. The molecule has 146 valence electrons. The zero-order valence-electron chi connectivity index (χ0n) is 16.0. The van der Waals surface area contributed by atoms with Crippen molar-refractivity contribution in [3.05, 3.63) is 59.2 Å². The molecule has 1 amide bonds. The lowest BCUT2D eigenvalue weighted by atomic mass is 10.1. The number of hydrogen-bond donors (Lipinski definition) is 1. The summed E-state index contributed by atoms with van der Waals surface area (Å²) in [5.41, 5.74) is 3.99. The first-order chi connectivity index (χ1) is 13.6. The van der Waals surface area contributed by atoms with Crippen molar-refractivity contribution in [3.63, 3.8) is 0 Å². The summed E-state index contributed by atoms with van der Waals surface area (Å²) >= 11 is 0. The molecule has 0 bridgehead atoms. The molecule has 2 aromatic carbocycles. The minimum Gasteiger partial charge on any atom is -0.493 e. The standard InChI is InChI=1S/C22H23NO5/c1-26-19-8-4-6-16(22(19)27-2)10-12-21(25)28-14-20(24)23-18-11-9-15-5-3-7-17(15)13-18/h4,6,8-13H,3,5,7,14H2,1-2H3,(H,23,24)/b12-10+. The number of benzene rings is 2. The predicted molar refractivity (Wildman–Crippen MR) is 107 cm³/mol. The number of methoxy groups -OCH3 is 2. The summed E-state index contributed by atoms with van der Waals surface area (Å²) in [5, 5.41) is 2.76. The van der Waals surface area contributed by atoms with Gasteiger partial charge in [-0.25, -0.2) is 4.79 Å². The molecule has 0 radical (unpaired) electrons. The Labute approximate surface area is 164 Å². The molecule has 0 spiro atoms. The predicted octanol–water partition coefficient (Wildman–Crippen LogP) is 3.39. The normalized spacial score (nSPS) is 12.5. The maximum Gasteiger partial charge on any atom is 0.331 e. The Kier molecular flexibility index (Phi) is 6.32. The SMILES string of the molecule is COc1cccc(/C=C/C(=O)OCC(=O)Nc2ccc3c(c2)CCC3)c1OC. The highest BCUT2D eigenvalue weighted by molar-refractivity contribution is 5.94. The van der Waals surface area contributed by atoms with Gasteiger partial charge in [0.15, 0.2) is 18.1 Å². The van der Waals surface area contributed by atoms with E-state index >= 15 is 0 Å². The molecule has 1 aliphatic rings. The maximum absolute atomic E-state index is 12.0. The summed E-state index contributed by atoms with van der Waals surface area (Å²) < 4.78 is 15.5. The van der Waals surface area contributed by atoms with Gasteiger partial charge in [0.1, 0.15) is 0 Å². The van der Waals surface area contributed by atoms with Crippen molar-refractivity contribution in [2.24, 2.45) is 0 Å². The number of carbonyl (C=O) groups is 2. The summed E-state index contributed by atoms with van der Waals surface area (Å²) in [5.74, 6) is 0.0859. The first-order valence-corrected chi connectivity index (χ1v) is 9.08. The van der Waals surface area contributed by atoms with Crippen molar-refractivity contribution in [1.29, 1.82) is 0 Å². The summed E-state index contributed by atoms with van der Waals surface area (Å²) in [4.78, 5) is 23.9. The van der Waals surface area contributed by atoms with E-state index in [1.807, 2.05) is 18.2 Å². The van der Waals surface area contributed by atoms with Crippen LogP contribution in [-0.4, -0.2) is 32.7 Å². The van der Waals surface area contributed by atoms with Gasteiger partial charge in [0, 0.05) is 17.3 Å². The Balaban J connectivity index is 1.53. The molecule has 0 aromatic heterocycles. The molecule has 0 saturated heterocycles. The van der Waals surface area contributed by atoms with E-state index in [1.165, 1.54) is 24.3 Å². The van der Waals surface area contributed by atoms with Crippen molar-refractivity contribution in [1.82, 2.24) is 0 Å². The fraction of sp³-hybridized carbons (Fsp3) is 0.273. The molecule has 0 saturated carbocycles. The molecule has 28 heavy (non-hydrogen) atoms. The van der Waals surface area contributed by atoms with Gasteiger partial charge in [-0.05, 0) is 54.7 Å². The number of nitrogens with one attached hydrogen (secondary N) is 1. The van der Waals surface area contributed by atoms with Gasteiger partial charge in [-0.1, -0.05) is 18.2 Å². The van der Waals surface area contributed by atoms with E-state index in [-0.39, 0.29) is 12.5 Å². The molecule has 1 aliphatic carbocycles. The Morgan fingerprint density at radius 1 is 1.07 bits per heavy atom. The quantitative estimate of drug-likeness (QED) is 0.588. The lowest BCUT2D eigenvalue weighted by Crippen LogP contribution is -2.20. The van der Waals surface area contributed by atoms with Crippen molar-refractivity contribution in [3.8, 4) is 11.5 Å². The lowest BCUT2D eigenvalue weighted by molar-refractivity contribution is -0.142. The number of anilines is 1. The topological polar surface area (TPSA) is 73.9 Å². The van der Waals surface area contributed by atoms with E-state index < -0.39 is 5.97 Å². The number of esters is 1. The highest BCUT2D eigenvalue weighted by Gasteiger charge is 2.12. The van der Waals surface area contributed by atoms with Crippen LogP contribution in [0.15, 0.2) is 42.5 Å². The van der Waals surface area contributed by atoms with Crippen LogP contribution in [-0.2, 0) is 27.2 Å².